The molecule has 4 nitrogen and oxygen atoms in total. The molecule has 1 aromatic rings. The Bertz CT molecular complexity index is 315. The fourth-order valence-corrected chi connectivity index (χ4v) is 1.19. The van der Waals surface area contributed by atoms with Crippen molar-refractivity contribution in [1.29, 1.82) is 0 Å². The number of carbonyl (C=O) groups excluding carboxylic acids is 1. The highest BCUT2D eigenvalue weighted by Crippen LogP contribution is 2.33. The lowest BCUT2D eigenvalue weighted by Crippen LogP contribution is -2.06. The molecule has 0 amide bonds. The van der Waals surface area contributed by atoms with Crippen molar-refractivity contribution >= 4 is 5.97 Å². The van der Waals surface area contributed by atoms with Gasteiger partial charge in [0.2, 0.25) is 0 Å². The molecule has 1 fully saturated rings. The third-order valence-corrected chi connectivity index (χ3v) is 2.01. The number of hydrogen-bond donors (Lipinski definition) is 0. The Hall–Kier alpha value is -1.32. The Morgan fingerprint density at radius 2 is 2.54 bits per heavy atom. The van der Waals surface area contributed by atoms with Crippen molar-refractivity contribution in [2.24, 2.45) is 0 Å². The van der Waals surface area contributed by atoms with Gasteiger partial charge in [-0.3, -0.25) is 4.68 Å². The highest BCUT2D eigenvalue weighted by molar-refractivity contribution is 5.86. The monoisotopic (exact) mass is 180 g/mol. The van der Waals surface area contributed by atoms with Gasteiger partial charge in [-0.05, 0) is 25.8 Å². The van der Waals surface area contributed by atoms with E-state index in [0.717, 1.165) is 0 Å². The van der Waals surface area contributed by atoms with E-state index in [1.165, 1.54) is 12.8 Å². The van der Waals surface area contributed by atoms with Gasteiger partial charge in [-0.25, -0.2) is 4.79 Å². The van der Waals surface area contributed by atoms with Crippen LogP contribution in [0, 0.1) is 0 Å². The first-order valence-corrected chi connectivity index (χ1v) is 4.53. The van der Waals surface area contributed by atoms with Crippen LogP contribution in [0.4, 0.5) is 0 Å². The van der Waals surface area contributed by atoms with Crippen LogP contribution in [0.1, 0.15) is 36.3 Å². The molecule has 0 N–H and O–H groups in total. The van der Waals surface area contributed by atoms with E-state index in [2.05, 4.69) is 5.10 Å². The third kappa shape index (κ3) is 1.71. The first kappa shape index (κ1) is 8.29. The molecular formula is C9H12N2O2. The van der Waals surface area contributed by atoms with E-state index in [1.54, 1.807) is 13.0 Å². The van der Waals surface area contributed by atoms with Crippen LogP contribution in [0.5, 0.6) is 0 Å². The van der Waals surface area contributed by atoms with E-state index in [9.17, 15) is 4.79 Å². The number of carbonyl (C=O) groups is 1. The maximum Gasteiger partial charge on any atom is 0.358 e. The Morgan fingerprint density at radius 3 is 3.15 bits per heavy atom. The van der Waals surface area contributed by atoms with Crippen LogP contribution in [0.3, 0.4) is 0 Å². The van der Waals surface area contributed by atoms with Gasteiger partial charge in [0.05, 0.1) is 12.6 Å². The maximum absolute atomic E-state index is 11.2. The molecule has 13 heavy (non-hydrogen) atoms. The van der Waals surface area contributed by atoms with Crippen molar-refractivity contribution in [1.82, 2.24) is 9.78 Å². The van der Waals surface area contributed by atoms with Gasteiger partial charge in [0.1, 0.15) is 0 Å². The van der Waals surface area contributed by atoms with Crippen LogP contribution >= 0.6 is 0 Å². The third-order valence-electron chi connectivity index (χ3n) is 2.01. The summed E-state index contributed by atoms with van der Waals surface area (Å²) >= 11 is 0. The van der Waals surface area contributed by atoms with Crippen LogP contribution in [-0.2, 0) is 4.74 Å². The van der Waals surface area contributed by atoms with Crippen molar-refractivity contribution in [3.05, 3.63) is 18.0 Å². The molecule has 0 unspecified atom stereocenters. The van der Waals surface area contributed by atoms with E-state index in [-0.39, 0.29) is 5.97 Å². The Morgan fingerprint density at radius 1 is 1.77 bits per heavy atom. The smallest absolute Gasteiger partial charge is 0.358 e. The van der Waals surface area contributed by atoms with Gasteiger partial charge in [-0.2, -0.15) is 5.10 Å². The van der Waals surface area contributed by atoms with E-state index < -0.39 is 0 Å². The minimum atomic E-state index is -0.332. The van der Waals surface area contributed by atoms with Crippen LogP contribution in [-0.4, -0.2) is 22.4 Å². The summed E-state index contributed by atoms with van der Waals surface area (Å²) in [5, 5.41) is 4.13. The van der Waals surface area contributed by atoms with E-state index >= 15 is 0 Å². The minimum Gasteiger partial charge on any atom is -0.461 e. The summed E-state index contributed by atoms with van der Waals surface area (Å²) in [5.41, 5.74) is 0.411. The molecule has 0 bridgehead atoms. The van der Waals surface area contributed by atoms with Gasteiger partial charge in [0.25, 0.3) is 0 Å². The van der Waals surface area contributed by atoms with E-state index in [0.29, 0.717) is 18.3 Å². The summed E-state index contributed by atoms with van der Waals surface area (Å²) in [5.74, 6) is -0.332. The maximum atomic E-state index is 11.2. The lowest BCUT2D eigenvalue weighted by molar-refractivity contribution is 0.0518. The summed E-state index contributed by atoms with van der Waals surface area (Å²) in [6, 6.07) is 2.22. The fourth-order valence-electron chi connectivity index (χ4n) is 1.19. The Balaban J connectivity index is 2.07. The zero-order valence-electron chi connectivity index (χ0n) is 7.56. The van der Waals surface area contributed by atoms with Gasteiger partial charge >= 0.3 is 5.97 Å². The van der Waals surface area contributed by atoms with Crippen LogP contribution < -0.4 is 0 Å². The van der Waals surface area contributed by atoms with Crippen molar-refractivity contribution in [3.8, 4) is 0 Å². The highest BCUT2D eigenvalue weighted by atomic mass is 16.5. The molecule has 0 aliphatic heterocycles. The van der Waals surface area contributed by atoms with E-state index in [4.69, 9.17) is 4.74 Å². The molecule has 70 valence electrons. The molecule has 1 heterocycles. The normalized spacial score (nSPS) is 15.8. The Labute approximate surface area is 76.5 Å². The summed E-state index contributed by atoms with van der Waals surface area (Å²) in [7, 11) is 0. The number of rotatable bonds is 3. The van der Waals surface area contributed by atoms with Crippen molar-refractivity contribution in [3.63, 3.8) is 0 Å². The number of hydrogen-bond acceptors (Lipinski definition) is 3. The van der Waals surface area contributed by atoms with Gasteiger partial charge in [0, 0.05) is 6.20 Å². The average Bonchev–Trinajstić information content (AvgIpc) is 2.84. The summed E-state index contributed by atoms with van der Waals surface area (Å²) < 4.78 is 6.67. The molecule has 0 atom stereocenters. The topological polar surface area (TPSA) is 44.1 Å². The molecule has 1 aliphatic rings. The van der Waals surface area contributed by atoms with Gasteiger partial charge in [-0.1, -0.05) is 0 Å². The Kier molecular flexibility index (Phi) is 2.04. The zero-order chi connectivity index (χ0) is 9.26. The molecule has 4 heteroatoms. The number of esters is 1. The minimum absolute atomic E-state index is 0.332. The number of aromatic nitrogens is 2. The largest absolute Gasteiger partial charge is 0.461 e. The number of ether oxygens (including phenoxy) is 1. The van der Waals surface area contributed by atoms with Crippen molar-refractivity contribution in [2.75, 3.05) is 6.61 Å². The number of nitrogens with zero attached hydrogens (tertiary/aromatic N) is 2. The molecule has 2 rings (SSSR count). The highest BCUT2D eigenvalue weighted by Gasteiger charge is 2.25. The predicted molar refractivity (Wildman–Crippen MR) is 46.5 cm³/mol. The second-order valence-electron chi connectivity index (χ2n) is 3.13. The van der Waals surface area contributed by atoms with Gasteiger partial charge < -0.3 is 4.74 Å². The van der Waals surface area contributed by atoms with Crippen LogP contribution in [0.15, 0.2) is 12.3 Å². The predicted octanol–water partition coefficient (Wildman–Crippen LogP) is 1.39. The molecule has 1 aliphatic carbocycles. The van der Waals surface area contributed by atoms with Gasteiger partial charge in [0.15, 0.2) is 5.69 Å². The molecule has 0 spiro atoms. The second-order valence-corrected chi connectivity index (χ2v) is 3.13. The lowest BCUT2D eigenvalue weighted by atomic mass is 10.4. The van der Waals surface area contributed by atoms with Crippen molar-refractivity contribution < 1.29 is 9.53 Å². The SMILES string of the molecule is CCOC(=O)c1ccn(C2CC2)n1. The molecule has 0 radical (unpaired) electrons. The van der Waals surface area contributed by atoms with Crippen molar-refractivity contribution in [2.45, 2.75) is 25.8 Å². The first-order chi connectivity index (χ1) is 6.31. The van der Waals surface area contributed by atoms with Gasteiger partial charge in [-0.15, -0.1) is 0 Å². The lowest BCUT2D eigenvalue weighted by Gasteiger charge is -1.97. The summed E-state index contributed by atoms with van der Waals surface area (Å²) in [4.78, 5) is 11.2. The van der Waals surface area contributed by atoms with Crippen LogP contribution in [0.2, 0.25) is 0 Å². The quantitative estimate of drug-likeness (QED) is 0.660. The fraction of sp³-hybridized carbons (Fsp3) is 0.556. The first-order valence-electron chi connectivity index (χ1n) is 4.53. The molecular weight excluding hydrogens is 168 g/mol. The van der Waals surface area contributed by atoms with E-state index in [1.807, 2.05) is 10.9 Å². The molecule has 1 aromatic heterocycles. The van der Waals surface area contributed by atoms with Crippen LogP contribution in [0.25, 0.3) is 0 Å². The zero-order valence-corrected chi connectivity index (χ0v) is 7.56. The average molecular weight is 180 g/mol. The standard InChI is InChI=1S/C9H12N2O2/c1-2-13-9(12)8-5-6-11(10-8)7-3-4-7/h5-7H,2-4H2,1H3. The summed E-state index contributed by atoms with van der Waals surface area (Å²) in [6.45, 7) is 2.19. The summed E-state index contributed by atoms with van der Waals surface area (Å²) in [6.07, 6.45) is 4.18. The molecule has 0 aromatic carbocycles. The second kappa shape index (κ2) is 3.20. The molecule has 0 saturated heterocycles. The molecule has 1 saturated carbocycles.